The Hall–Kier alpha value is -4.95. The van der Waals surface area contributed by atoms with E-state index in [0.29, 0.717) is 12.1 Å². The van der Waals surface area contributed by atoms with Crippen LogP contribution in [-0.2, 0) is 45.3 Å². The molecule has 20 nitrogen and oxygen atoms in total. The van der Waals surface area contributed by atoms with Gasteiger partial charge in [-0.2, -0.15) is 38.8 Å². The Morgan fingerprint density at radius 2 is 1.08 bits per heavy atom. The summed E-state index contributed by atoms with van der Waals surface area (Å²) in [5.74, 6) is -3.18. The quantitative estimate of drug-likeness (QED) is 0.0939. The largest absolute Gasteiger partial charge is 0.505 e. The smallest absolute Gasteiger partial charge is 0.296 e. The van der Waals surface area contributed by atoms with Gasteiger partial charge in [0.1, 0.15) is 31.7 Å². The van der Waals surface area contributed by atoms with Gasteiger partial charge in [0, 0.05) is 12.6 Å². The number of nitrogens with one attached hydrogen (secondary N) is 1. The topological polar surface area (TPSA) is 336 Å². The van der Waals surface area contributed by atoms with Gasteiger partial charge in [-0.05, 0) is 60.0 Å². The lowest BCUT2D eigenvalue weighted by Gasteiger charge is -2.13. The highest BCUT2D eigenvalue weighted by Crippen LogP contribution is 2.50. The number of nitrogens with zero attached hydrogens (tertiary/aromatic N) is 4. The second kappa shape index (κ2) is 12.6. The summed E-state index contributed by atoms with van der Waals surface area (Å²) in [6.07, 6.45) is 0. The number of aromatic hydroxyl groups is 2. The first-order chi connectivity index (χ1) is 22.0. The third kappa shape index (κ3) is 7.77. The van der Waals surface area contributed by atoms with Crippen LogP contribution in [0.25, 0.3) is 10.8 Å². The maximum Gasteiger partial charge on any atom is 0.296 e. The van der Waals surface area contributed by atoms with E-state index >= 15 is 0 Å². The molecule has 0 unspecified atom stereocenters. The van der Waals surface area contributed by atoms with Gasteiger partial charge < -0.3 is 15.5 Å². The van der Waals surface area contributed by atoms with E-state index in [9.17, 15) is 62.3 Å². The Balaban J connectivity index is 1.99. The van der Waals surface area contributed by atoms with E-state index in [1.54, 1.807) is 0 Å². The Bertz CT molecular complexity index is 2520. The summed E-state index contributed by atoms with van der Waals surface area (Å²) in [5, 5.41) is 37.1. The van der Waals surface area contributed by atoms with E-state index < -0.39 is 105 Å². The van der Waals surface area contributed by atoms with E-state index in [1.165, 1.54) is 0 Å². The van der Waals surface area contributed by atoms with E-state index in [2.05, 4.69) is 25.8 Å². The summed E-state index contributed by atoms with van der Waals surface area (Å²) >= 11 is 0. The van der Waals surface area contributed by atoms with Gasteiger partial charge in [-0.1, -0.05) is 0 Å². The SMILES string of the molecule is CC(=O)Nc1ccc(/N=N/c2c(S(=O)(=O)O)cc3cc(S(=O)(=O)O)c(/N=N/c4ccc(S(=O)(=O)O)cc4)c(O)c3c2O)c(S(=O)(=O)O)c1. The molecule has 4 aromatic rings. The molecular formula is C24H19N5O15S4. The van der Waals surface area contributed by atoms with Gasteiger partial charge in [0.05, 0.1) is 16.0 Å². The molecule has 0 heterocycles. The predicted molar refractivity (Wildman–Crippen MR) is 162 cm³/mol. The minimum atomic E-state index is -5.37. The van der Waals surface area contributed by atoms with E-state index in [0.717, 1.165) is 49.4 Å². The monoisotopic (exact) mass is 745 g/mol. The number of phenols is 2. The van der Waals surface area contributed by atoms with Crippen LogP contribution in [0.1, 0.15) is 6.92 Å². The van der Waals surface area contributed by atoms with E-state index in [4.69, 9.17) is 4.55 Å². The fourth-order valence-corrected chi connectivity index (χ4v) is 6.47. The number of carbonyl (C=O) groups excluding carboxylic acids is 1. The first kappa shape index (κ1) is 35.9. The highest BCUT2D eigenvalue weighted by Gasteiger charge is 2.29. The fraction of sp³-hybridized carbons (Fsp3) is 0.0417. The number of hydrogen-bond acceptors (Lipinski definition) is 15. The van der Waals surface area contributed by atoms with Crippen LogP contribution >= 0.6 is 0 Å². The summed E-state index contributed by atoms with van der Waals surface area (Å²) < 4.78 is 134. The highest BCUT2D eigenvalue weighted by atomic mass is 32.2. The highest BCUT2D eigenvalue weighted by molar-refractivity contribution is 7.86. The summed E-state index contributed by atoms with van der Waals surface area (Å²) in [4.78, 5) is 7.43. The van der Waals surface area contributed by atoms with Crippen LogP contribution in [0.5, 0.6) is 11.5 Å². The van der Waals surface area contributed by atoms with Crippen molar-refractivity contribution < 1.29 is 66.9 Å². The summed E-state index contributed by atoms with van der Waals surface area (Å²) in [5.41, 5.74) is -3.15. The number of fused-ring (bicyclic) bond motifs is 1. The zero-order valence-electron chi connectivity index (χ0n) is 23.5. The molecule has 0 aromatic heterocycles. The average Bonchev–Trinajstić information content (AvgIpc) is 2.94. The molecule has 0 aliphatic carbocycles. The molecule has 0 saturated heterocycles. The molecule has 7 N–H and O–H groups in total. The molecule has 0 fully saturated rings. The number of azo groups is 2. The lowest BCUT2D eigenvalue weighted by molar-refractivity contribution is -0.114. The van der Waals surface area contributed by atoms with Crippen molar-refractivity contribution in [3.63, 3.8) is 0 Å². The molecule has 0 radical (unpaired) electrons. The molecule has 1 amide bonds. The van der Waals surface area contributed by atoms with Crippen molar-refractivity contribution in [1.29, 1.82) is 0 Å². The Morgan fingerprint density at radius 3 is 1.52 bits per heavy atom. The van der Waals surface area contributed by atoms with Gasteiger partial charge in [-0.25, -0.2) is 0 Å². The molecule has 48 heavy (non-hydrogen) atoms. The van der Waals surface area contributed by atoms with Crippen molar-refractivity contribution in [2.24, 2.45) is 20.5 Å². The maximum atomic E-state index is 12.3. The first-order valence-electron chi connectivity index (χ1n) is 12.3. The molecule has 0 bridgehead atoms. The molecule has 24 heteroatoms. The average molecular weight is 746 g/mol. The van der Waals surface area contributed by atoms with Crippen LogP contribution in [0.2, 0.25) is 0 Å². The van der Waals surface area contributed by atoms with Crippen molar-refractivity contribution in [3.8, 4) is 11.5 Å². The van der Waals surface area contributed by atoms with Crippen molar-refractivity contribution in [2.45, 2.75) is 26.5 Å². The van der Waals surface area contributed by atoms with Gasteiger partial charge >= 0.3 is 0 Å². The maximum absolute atomic E-state index is 12.3. The first-order valence-corrected chi connectivity index (χ1v) is 18.1. The molecule has 0 spiro atoms. The number of rotatable bonds is 9. The summed E-state index contributed by atoms with van der Waals surface area (Å²) in [6, 6.07) is 7.66. The van der Waals surface area contributed by atoms with Crippen LogP contribution in [0.4, 0.5) is 28.4 Å². The summed E-state index contributed by atoms with van der Waals surface area (Å²) in [7, 11) is -20.3. The van der Waals surface area contributed by atoms with Crippen LogP contribution in [-0.4, -0.2) is 68.0 Å². The summed E-state index contributed by atoms with van der Waals surface area (Å²) in [6.45, 7) is 1.10. The molecule has 0 atom stereocenters. The standard InChI is InChI=1S/C24H19N5O15S4/c1-11(30)25-14-4-7-16(17(10-14)46(36,37)38)27-29-22-19(48(42,43)44)9-12-8-18(47(39,40)41)21(23(31)20(12)24(22)32)28-26-13-2-5-15(6-3-13)45(33,34)35/h2-10,31-32H,1H3,(H,25,30)(H,33,34,35)(H,36,37,38)(H,39,40,41)(H,42,43,44)/b28-26+,29-27+. The van der Waals surface area contributed by atoms with Gasteiger partial charge in [0.2, 0.25) is 5.91 Å². The van der Waals surface area contributed by atoms with Gasteiger partial charge in [0.15, 0.2) is 11.5 Å². The lowest BCUT2D eigenvalue weighted by Crippen LogP contribution is -2.07. The van der Waals surface area contributed by atoms with E-state index in [-0.39, 0.29) is 11.4 Å². The van der Waals surface area contributed by atoms with Crippen LogP contribution < -0.4 is 5.32 Å². The van der Waals surface area contributed by atoms with Crippen LogP contribution in [0.15, 0.2) is 94.6 Å². The third-order valence-electron chi connectivity index (χ3n) is 6.02. The molecule has 0 aliphatic heterocycles. The van der Waals surface area contributed by atoms with Crippen molar-refractivity contribution in [3.05, 3.63) is 54.6 Å². The molecule has 0 aliphatic rings. The number of amides is 1. The van der Waals surface area contributed by atoms with Crippen LogP contribution in [0, 0.1) is 0 Å². The zero-order chi connectivity index (χ0) is 36.0. The van der Waals surface area contributed by atoms with Gasteiger partial charge in [-0.3, -0.25) is 23.0 Å². The lowest BCUT2D eigenvalue weighted by atomic mass is 10.1. The van der Waals surface area contributed by atoms with Crippen molar-refractivity contribution in [1.82, 2.24) is 0 Å². The van der Waals surface area contributed by atoms with Gasteiger partial charge in [0.25, 0.3) is 40.5 Å². The number of phenolic OH excluding ortho intramolecular Hbond substituents is 2. The van der Waals surface area contributed by atoms with Crippen molar-refractivity contribution in [2.75, 3.05) is 5.32 Å². The van der Waals surface area contributed by atoms with E-state index in [1.807, 2.05) is 0 Å². The second-order valence-corrected chi connectivity index (χ2v) is 15.0. The zero-order valence-corrected chi connectivity index (χ0v) is 26.7. The van der Waals surface area contributed by atoms with Crippen molar-refractivity contribution >= 4 is 85.6 Å². The second-order valence-electron chi connectivity index (χ2n) is 9.40. The van der Waals surface area contributed by atoms with Crippen LogP contribution in [0.3, 0.4) is 0 Å². The number of hydrogen-bond donors (Lipinski definition) is 7. The van der Waals surface area contributed by atoms with Gasteiger partial charge in [-0.15, -0.1) is 15.3 Å². The Kier molecular flexibility index (Phi) is 9.41. The number of anilines is 1. The normalized spacial score (nSPS) is 13.0. The minimum absolute atomic E-state index is 0.114. The molecule has 4 aromatic carbocycles. The Morgan fingerprint density at radius 1 is 0.604 bits per heavy atom. The predicted octanol–water partition coefficient (Wildman–Crippen LogP) is 4.03. The number of benzene rings is 4. The third-order valence-corrected chi connectivity index (χ3v) is 9.51. The molecule has 254 valence electrons. The Labute approximate surface area is 270 Å². The minimum Gasteiger partial charge on any atom is -0.505 e. The fourth-order valence-electron chi connectivity index (χ4n) is 4.03. The molecular weight excluding hydrogens is 727 g/mol. The molecule has 4 rings (SSSR count). The number of carbonyl (C=O) groups is 1. The molecule has 0 saturated carbocycles.